The molecule has 1 aromatic rings. The molecule has 0 spiro atoms. The van der Waals surface area contributed by atoms with Crippen molar-refractivity contribution < 1.29 is 19.8 Å². The molecule has 6 heteroatoms. The molecular formula is C9H10N2O4. The molecule has 0 aliphatic heterocycles. The van der Waals surface area contributed by atoms with E-state index in [1.807, 2.05) is 0 Å². The van der Waals surface area contributed by atoms with Crippen molar-refractivity contribution in [3.8, 4) is 0 Å². The summed E-state index contributed by atoms with van der Waals surface area (Å²) in [5, 5.41) is 19.4. The number of hydrogen-bond donors (Lipinski definition) is 3. The van der Waals surface area contributed by atoms with Crippen LogP contribution >= 0.6 is 0 Å². The van der Waals surface area contributed by atoms with Gasteiger partial charge in [0.15, 0.2) is 6.04 Å². The maximum atomic E-state index is 11.4. The summed E-state index contributed by atoms with van der Waals surface area (Å²) < 4.78 is 0. The highest BCUT2D eigenvalue weighted by molar-refractivity contribution is 5.96. The lowest BCUT2D eigenvalue weighted by molar-refractivity contribution is -0.140. The molecule has 0 saturated heterocycles. The summed E-state index contributed by atoms with van der Waals surface area (Å²) in [5.74, 6) is -1.86. The standard InChI is InChI=1S/C9H10N2O4/c12-5-7(9(14)15)11-8(13)6-2-1-3-10-4-6/h1-4,7,12H,5H2,(H,11,13)(H,14,15)/t7-/m1/s1. The van der Waals surface area contributed by atoms with Crippen molar-refractivity contribution in [3.63, 3.8) is 0 Å². The van der Waals surface area contributed by atoms with E-state index in [-0.39, 0.29) is 5.56 Å². The van der Waals surface area contributed by atoms with E-state index in [1.54, 1.807) is 6.07 Å². The minimum Gasteiger partial charge on any atom is -0.480 e. The van der Waals surface area contributed by atoms with Gasteiger partial charge in [-0.25, -0.2) is 4.79 Å². The summed E-state index contributed by atoms with van der Waals surface area (Å²) in [4.78, 5) is 25.6. The van der Waals surface area contributed by atoms with Gasteiger partial charge in [-0.15, -0.1) is 0 Å². The quantitative estimate of drug-likeness (QED) is 0.607. The molecule has 0 fully saturated rings. The molecule has 0 radical (unpaired) electrons. The van der Waals surface area contributed by atoms with Crippen LogP contribution in [0.3, 0.4) is 0 Å². The highest BCUT2D eigenvalue weighted by atomic mass is 16.4. The van der Waals surface area contributed by atoms with E-state index in [1.165, 1.54) is 18.5 Å². The second-order valence-electron chi connectivity index (χ2n) is 2.79. The van der Waals surface area contributed by atoms with Crippen molar-refractivity contribution in [1.82, 2.24) is 10.3 Å². The Morgan fingerprint density at radius 2 is 2.27 bits per heavy atom. The van der Waals surface area contributed by atoms with Crippen molar-refractivity contribution in [2.75, 3.05) is 6.61 Å². The first kappa shape index (κ1) is 11.1. The van der Waals surface area contributed by atoms with Crippen LogP contribution in [0.4, 0.5) is 0 Å². The number of aliphatic carboxylic acids is 1. The summed E-state index contributed by atoms with van der Waals surface area (Å²) in [6, 6.07) is 1.76. The molecule has 1 rings (SSSR count). The van der Waals surface area contributed by atoms with Gasteiger partial charge in [0.2, 0.25) is 0 Å². The van der Waals surface area contributed by atoms with E-state index in [2.05, 4.69) is 10.3 Å². The van der Waals surface area contributed by atoms with Crippen LogP contribution < -0.4 is 5.32 Å². The number of carbonyl (C=O) groups is 2. The first-order chi connectivity index (χ1) is 7.15. The fraction of sp³-hybridized carbons (Fsp3) is 0.222. The average molecular weight is 210 g/mol. The SMILES string of the molecule is O=C(N[C@H](CO)C(=O)O)c1cccnc1. The Morgan fingerprint density at radius 3 is 2.73 bits per heavy atom. The molecule has 0 aliphatic carbocycles. The zero-order chi connectivity index (χ0) is 11.3. The minimum atomic E-state index is -1.29. The summed E-state index contributed by atoms with van der Waals surface area (Å²) in [6.07, 6.45) is 2.81. The minimum absolute atomic E-state index is 0.247. The van der Waals surface area contributed by atoms with Crippen molar-refractivity contribution in [2.45, 2.75) is 6.04 Å². The van der Waals surface area contributed by atoms with Crippen LogP contribution in [-0.4, -0.2) is 39.7 Å². The van der Waals surface area contributed by atoms with Gasteiger partial charge in [-0.3, -0.25) is 9.78 Å². The van der Waals surface area contributed by atoms with Gasteiger partial charge in [0.05, 0.1) is 12.2 Å². The number of nitrogens with zero attached hydrogens (tertiary/aromatic N) is 1. The lowest BCUT2D eigenvalue weighted by atomic mass is 10.2. The Kier molecular flexibility index (Phi) is 3.75. The van der Waals surface area contributed by atoms with Gasteiger partial charge in [-0.2, -0.15) is 0 Å². The molecule has 1 aromatic heterocycles. The highest BCUT2D eigenvalue weighted by Gasteiger charge is 2.19. The van der Waals surface area contributed by atoms with Gasteiger partial charge in [0.1, 0.15) is 0 Å². The predicted octanol–water partition coefficient (Wildman–Crippen LogP) is -0.743. The van der Waals surface area contributed by atoms with E-state index in [9.17, 15) is 9.59 Å². The molecule has 0 aliphatic rings. The van der Waals surface area contributed by atoms with Gasteiger partial charge < -0.3 is 15.5 Å². The molecule has 1 heterocycles. The third kappa shape index (κ3) is 3.03. The van der Waals surface area contributed by atoms with Crippen LogP contribution in [0.2, 0.25) is 0 Å². The topological polar surface area (TPSA) is 99.5 Å². The summed E-state index contributed by atoms with van der Waals surface area (Å²) >= 11 is 0. The zero-order valence-corrected chi connectivity index (χ0v) is 7.75. The van der Waals surface area contributed by atoms with E-state index in [0.29, 0.717) is 0 Å². The fourth-order valence-corrected chi connectivity index (χ4v) is 0.924. The Hall–Kier alpha value is -1.95. The van der Waals surface area contributed by atoms with E-state index in [0.717, 1.165) is 0 Å². The highest BCUT2D eigenvalue weighted by Crippen LogP contribution is 1.96. The first-order valence-electron chi connectivity index (χ1n) is 4.19. The Balaban J connectivity index is 2.67. The molecule has 1 amide bonds. The molecule has 0 saturated carbocycles. The Morgan fingerprint density at radius 1 is 1.53 bits per heavy atom. The number of nitrogens with one attached hydrogen (secondary N) is 1. The Labute approximate surface area is 85.6 Å². The molecular weight excluding hydrogens is 200 g/mol. The number of carboxylic acids is 1. The third-order valence-electron chi connectivity index (χ3n) is 1.71. The molecule has 15 heavy (non-hydrogen) atoms. The molecule has 6 nitrogen and oxygen atoms in total. The number of amides is 1. The maximum absolute atomic E-state index is 11.4. The second-order valence-corrected chi connectivity index (χ2v) is 2.79. The number of carbonyl (C=O) groups excluding carboxylic acids is 1. The normalized spacial score (nSPS) is 11.8. The van der Waals surface area contributed by atoms with Crippen LogP contribution in [0.25, 0.3) is 0 Å². The van der Waals surface area contributed by atoms with Crippen molar-refractivity contribution >= 4 is 11.9 Å². The monoisotopic (exact) mass is 210 g/mol. The smallest absolute Gasteiger partial charge is 0.328 e. The van der Waals surface area contributed by atoms with Crippen LogP contribution in [0, 0.1) is 0 Å². The number of rotatable bonds is 4. The van der Waals surface area contributed by atoms with E-state index >= 15 is 0 Å². The largest absolute Gasteiger partial charge is 0.480 e. The summed E-state index contributed by atoms with van der Waals surface area (Å²) in [5.41, 5.74) is 0.247. The first-order valence-corrected chi connectivity index (χ1v) is 4.19. The van der Waals surface area contributed by atoms with Crippen molar-refractivity contribution in [2.24, 2.45) is 0 Å². The van der Waals surface area contributed by atoms with Gasteiger partial charge >= 0.3 is 5.97 Å². The van der Waals surface area contributed by atoms with E-state index < -0.39 is 24.5 Å². The molecule has 1 atom stereocenters. The molecule has 0 bridgehead atoms. The van der Waals surface area contributed by atoms with Crippen LogP contribution in [-0.2, 0) is 4.79 Å². The average Bonchev–Trinajstić information content (AvgIpc) is 2.26. The number of hydrogen-bond acceptors (Lipinski definition) is 4. The van der Waals surface area contributed by atoms with Gasteiger partial charge in [-0.1, -0.05) is 0 Å². The molecule has 80 valence electrons. The van der Waals surface area contributed by atoms with Crippen LogP contribution in [0.15, 0.2) is 24.5 Å². The summed E-state index contributed by atoms with van der Waals surface area (Å²) in [6.45, 7) is -0.651. The fourth-order valence-electron chi connectivity index (χ4n) is 0.924. The lowest BCUT2D eigenvalue weighted by Crippen LogP contribution is -2.43. The van der Waals surface area contributed by atoms with Crippen LogP contribution in [0.1, 0.15) is 10.4 Å². The third-order valence-corrected chi connectivity index (χ3v) is 1.71. The van der Waals surface area contributed by atoms with Crippen molar-refractivity contribution in [1.29, 1.82) is 0 Å². The molecule has 0 unspecified atom stereocenters. The lowest BCUT2D eigenvalue weighted by Gasteiger charge is -2.10. The Bertz CT molecular complexity index is 352. The molecule has 3 N–H and O–H groups in total. The van der Waals surface area contributed by atoms with Gasteiger partial charge in [0, 0.05) is 12.4 Å². The summed E-state index contributed by atoms with van der Waals surface area (Å²) in [7, 11) is 0. The zero-order valence-electron chi connectivity index (χ0n) is 7.75. The molecule has 0 aromatic carbocycles. The van der Waals surface area contributed by atoms with Gasteiger partial charge in [-0.05, 0) is 12.1 Å². The van der Waals surface area contributed by atoms with Crippen molar-refractivity contribution in [3.05, 3.63) is 30.1 Å². The second kappa shape index (κ2) is 5.06. The number of aliphatic hydroxyl groups excluding tert-OH is 1. The predicted molar refractivity (Wildman–Crippen MR) is 50.2 cm³/mol. The number of aromatic nitrogens is 1. The maximum Gasteiger partial charge on any atom is 0.328 e. The number of carboxylic acid groups (broad SMARTS) is 1. The van der Waals surface area contributed by atoms with Gasteiger partial charge in [0.25, 0.3) is 5.91 Å². The van der Waals surface area contributed by atoms with E-state index in [4.69, 9.17) is 10.2 Å². The number of pyridine rings is 1. The van der Waals surface area contributed by atoms with Crippen LogP contribution in [0.5, 0.6) is 0 Å². The number of aliphatic hydroxyl groups is 1.